The van der Waals surface area contributed by atoms with E-state index in [-0.39, 0.29) is 17.1 Å². The van der Waals surface area contributed by atoms with Gasteiger partial charge >= 0.3 is 0 Å². The molecule has 0 atom stereocenters. The van der Waals surface area contributed by atoms with Gasteiger partial charge in [-0.3, -0.25) is 14.5 Å². The molecule has 0 amide bonds. The van der Waals surface area contributed by atoms with Gasteiger partial charge in [-0.25, -0.2) is 8.78 Å². The van der Waals surface area contributed by atoms with Gasteiger partial charge in [0.2, 0.25) is 0 Å². The third kappa shape index (κ3) is 3.50. The third-order valence-electron chi connectivity index (χ3n) is 7.44. The molecule has 168 valence electrons. The van der Waals surface area contributed by atoms with Gasteiger partial charge in [-0.2, -0.15) is 0 Å². The number of piperazine rings is 1. The lowest BCUT2D eigenvalue weighted by Crippen LogP contribution is -2.60. The predicted molar refractivity (Wildman–Crippen MR) is 118 cm³/mol. The zero-order valence-corrected chi connectivity index (χ0v) is 18.2. The predicted octanol–water partition coefficient (Wildman–Crippen LogP) is 4.44. The maximum absolute atomic E-state index is 14.2. The number of hydrogen-bond acceptors (Lipinski definition) is 4. The Morgan fingerprint density at radius 2 is 1.38 bits per heavy atom. The van der Waals surface area contributed by atoms with Gasteiger partial charge in [0.1, 0.15) is 11.6 Å². The molecular weight excluding hydrogens is 410 g/mol. The molecule has 2 fully saturated rings. The number of hydrogen-bond donors (Lipinski definition) is 0. The van der Waals surface area contributed by atoms with Crippen LogP contribution in [0.15, 0.2) is 42.5 Å². The Balaban J connectivity index is 1.47. The van der Waals surface area contributed by atoms with E-state index in [1.807, 2.05) is 4.90 Å². The van der Waals surface area contributed by atoms with E-state index in [1.165, 1.54) is 32.1 Å². The number of ketones is 2. The number of rotatable bonds is 4. The standard InChI is InChI=1S/C26H28F2N2O2/c27-20-14-19(15-21(28)16-20)26(24(31)22-8-4-5-9-23(22)25(26)32)30-12-10-29(11-13-30)17-18-6-2-1-3-7-18/h4-5,8-9,14-16,18H,1-3,6-7,10-13,17H2. The topological polar surface area (TPSA) is 40.6 Å². The Labute approximate surface area is 187 Å². The van der Waals surface area contributed by atoms with Crippen molar-refractivity contribution in [2.75, 3.05) is 32.7 Å². The molecule has 0 unspecified atom stereocenters. The van der Waals surface area contributed by atoms with E-state index in [0.29, 0.717) is 30.1 Å². The highest BCUT2D eigenvalue weighted by Gasteiger charge is 2.58. The largest absolute Gasteiger partial charge is 0.301 e. The molecule has 6 heteroatoms. The van der Waals surface area contributed by atoms with E-state index in [9.17, 15) is 18.4 Å². The second kappa shape index (κ2) is 8.49. The molecule has 0 bridgehead atoms. The van der Waals surface area contributed by atoms with Crippen LogP contribution in [0.2, 0.25) is 0 Å². The van der Waals surface area contributed by atoms with Crippen LogP contribution in [0.25, 0.3) is 0 Å². The number of halogens is 2. The van der Waals surface area contributed by atoms with Crippen molar-refractivity contribution >= 4 is 11.6 Å². The molecule has 5 rings (SSSR count). The Bertz CT molecular complexity index is 985. The number of benzene rings is 2. The first-order valence-electron chi connectivity index (χ1n) is 11.6. The summed E-state index contributed by atoms with van der Waals surface area (Å²) in [6.07, 6.45) is 6.43. The molecular formula is C26H28F2N2O2. The number of carbonyl (C=O) groups is 2. The first-order chi connectivity index (χ1) is 15.5. The van der Waals surface area contributed by atoms with Crippen LogP contribution >= 0.6 is 0 Å². The monoisotopic (exact) mass is 438 g/mol. The summed E-state index contributed by atoms with van der Waals surface area (Å²) in [7, 11) is 0. The summed E-state index contributed by atoms with van der Waals surface area (Å²) in [5.74, 6) is -1.63. The van der Waals surface area contributed by atoms with Crippen molar-refractivity contribution in [2.24, 2.45) is 5.92 Å². The summed E-state index contributed by atoms with van der Waals surface area (Å²) in [6.45, 7) is 3.49. The molecule has 3 aliphatic rings. The quantitative estimate of drug-likeness (QED) is 0.662. The zero-order chi connectivity index (χ0) is 22.3. The Kier molecular flexibility index (Phi) is 5.68. The summed E-state index contributed by atoms with van der Waals surface area (Å²) in [5, 5.41) is 0. The van der Waals surface area contributed by atoms with Gasteiger partial charge in [0.25, 0.3) is 0 Å². The molecule has 0 spiro atoms. The molecule has 0 radical (unpaired) electrons. The smallest absolute Gasteiger partial charge is 0.196 e. The average molecular weight is 439 g/mol. The van der Waals surface area contributed by atoms with E-state index in [4.69, 9.17) is 0 Å². The minimum Gasteiger partial charge on any atom is -0.301 e. The fraction of sp³-hybridized carbons (Fsp3) is 0.462. The first kappa shape index (κ1) is 21.4. The summed E-state index contributed by atoms with van der Waals surface area (Å²) in [5.41, 5.74) is -0.968. The molecule has 1 heterocycles. The van der Waals surface area contributed by atoms with Gasteiger partial charge in [-0.15, -0.1) is 0 Å². The van der Waals surface area contributed by atoms with Crippen LogP contribution in [-0.4, -0.2) is 54.1 Å². The molecule has 2 aromatic carbocycles. The molecule has 0 N–H and O–H groups in total. The molecule has 1 saturated heterocycles. The van der Waals surface area contributed by atoms with E-state index in [1.54, 1.807) is 24.3 Å². The molecule has 32 heavy (non-hydrogen) atoms. The molecule has 1 saturated carbocycles. The van der Waals surface area contributed by atoms with Crippen molar-refractivity contribution < 1.29 is 18.4 Å². The van der Waals surface area contributed by atoms with Crippen molar-refractivity contribution in [3.63, 3.8) is 0 Å². The van der Waals surface area contributed by atoms with Crippen LogP contribution in [0.5, 0.6) is 0 Å². The fourth-order valence-corrected chi connectivity index (χ4v) is 5.87. The number of carbonyl (C=O) groups excluding carboxylic acids is 2. The SMILES string of the molecule is O=C1c2ccccc2C(=O)C1(c1cc(F)cc(F)c1)N1CCN(CC2CCCCC2)CC1. The van der Waals surface area contributed by atoms with Gasteiger partial charge in [0.05, 0.1) is 0 Å². The minimum absolute atomic E-state index is 0.0851. The van der Waals surface area contributed by atoms with E-state index < -0.39 is 17.2 Å². The van der Waals surface area contributed by atoms with Crippen LogP contribution in [0, 0.1) is 17.6 Å². The second-order valence-electron chi connectivity index (χ2n) is 9.36. The zero-order valence-electron chi connectivity index (χ0n) is 18.2. The van der Waals surface area contributed by atoms with Crippen LogP contribution in [0.3, 0.4) is 0 Å². The Hall–Kier alpha value is -2.44. The highest BCUT2D eigenvalue weighted by molar-refractivity contribution is 6.32. The highest BCUT2D eigenvalue weighted by Crippen LogP contribution is 2.43. The minimum atomic E-state index is -1.70. The molecule has 2 aliphatic carbocycles. The van der Waals surface area contributed by atoms with Crippen molar-refractivity contribution in [1.29, 1.82) is 0 Å². The van der Waals surface area contributed by atoms with Crippen LogP contribution in [0.4, 0.5) is 8.78 Å². The molecule has 2 aromatic rings. The molecule has 0 aromatic heterocycles. The van der Waals surface area contributed by atoms with Crippen molar-refractivity contribution in [3.8, 4) is 0 Å². The van der Waals surface area contributed by atoms with Crippen LogP contribution in [0.1, 0.15) is 58.4 Å². The van der Waals surface area contributed by atoms with Crippen molar-refractivity contribution in [3.05, 3.63) is 70.8 Å². The lowest BCUT2D eigenvalue weighted by Gasteiger charge is -2.44. The van der Waals surface area contributed by atoms with Gasteiger partial charge in [0.15, 0.2) is 17.1 Å². The van der Waals surface area contributed by atoms with Gasteiger partial charge in [-0.05, 0) is 36.5 Å². The van der Waals surface area contributed by atoms with Crippen LogP contribution < -0.4 is 0 Å². The van der Waals surface area contributed by atoms with E-state index in [2.05, 4.69) is 4.90 Å². The molecule has 4 nitrogen and oxygen atoms in total. The van der Waals surface area contributed by atoms with Crippen LogP contribution in [-0.2, 0) is 5.54 Å². The number of nitrogens with zero attached hydrogens (tertiary/aromatic N) is 2. The normalized spacial score (nSPS) is 22.3. The molecule has 1 aliphatic heterocycles. The third-order valence-corrected chi connectivity index (χ3v) is 7.44. The summed E-state index contributed by atoms with van der Waals surface area (Å²) < 4.78 is 28.5. The van der Waals surface area contributed by atoms with Gasteiger partial charge in [-0.1, -0.05) is 43.5 Å². The van der Waals surface area contributed by atoms with E-state index in [0.717, 1.165) is 37.8 Å². The lowest BCUT2D eigenvalue weighted by atomic mass is 9.82. The van der Waals surface area contributed by atoms with Gasteiger partial charge < -0.3 is 4.90 Å². The number of fused-ring (bicyclic) bond motifs is 1. The van der Waals surface area contributed by atoms with Gasteiger partial charge in [0, 0.05) is 49.9 Å². The highest BCUT2D eigenvalue weighted by atomic mass is 19.1. The second-order valence-corrected chi connectivity index (χ2v) is 9.36. The lowest BCUT2D eigenvalue weighted by molar-refractivity contribution is 0.0255. The van der Waals surface area contributed by atoms with Crippen molar-refractivity contribution in [2.45, 2.75) is 37.6 Å². The summed E-state index contributed by atoms with van der Waals surface area (Å²) in [4.78, 5) is 31.7. The Morgan fingerprint density at radius 3 is 1.94 bits per heavy atom. The van der Waals surface area contributed by atoms with Crippen molar-refractivity contribution in [1.82, 2.24) is 9.80 Å². The number of Topliss-reactive ketones (excluding diaryl/α,β-unsaturated/α-hetero) is 2. The maximum Gasteiger partial charge on any atom is 0.196 e. The van der Waals surface area contributed by atoms with E-state index >= 15 is 0 Å². The maximum atomic E-state index is 14.2. The fourth-order valence-electron chi connectivity index (χ4n) is 5.87. The first-order valence-corrected chi connectivity index (χ1v) is 11.6. The average Bonchev–Trinajstić information content (AvgIpc) is 3.02. The Morgan fingerprint density at radius 1 is 0.812 bits per heavy atom. The summed E-state index contributed by atoms with van der Waals surface area (Å²) in [6, 6.07) is 9.75. The summed E-state index contributed by atoms with van der Waals surface area (Å²) >= 11 is 0.